The van der Waals surface area contributed by atoms with Crippen molar-refractivity contribution < 1.29 is 0 Å². The molecule has 3 aromatic rings. The molecule has 0 unspecified atom stereocenters. The van der Waals surface area contributed by atoms with E-state index in [-0.39, 0.29) is 5.41 Å². The zero-order valence-electron chi connectivity index (χ0n) is 19.5. The number of aryl methyl sites for hydroxylation is 2. The molecule has 1 N–H and O–H groups in total. The Hall–Kier alpha value is -2.93. The Balaban J connectivity index is 1.59. The maximum atomic E-state index is 8.73. The summed E-state index contributed by atoms with van der Waals surface area (Å²) in [5.74, 6) is 1.77. The maximum Gasteiger partial charge on any atom is 0.223 e. The summed E-state index contributed by atoms with van der Waals surface area (Å²) < 4.78 is 1.70. The molecule has 0 aliphatic carbocycles. The fourth-order valence-corrected chi connectivity index (χ4v) is 4.39. The Bertz CT molecular complexity index is 1060. The molecule has 10 heteroatoms. The SMILES string of the molecule is CC(C)c1nc(C(C)(C)C)sc1-c1ccnc(NCCCCc2nnnn2CCC#N)n1. The molecule has 0 atom stereocenters. The van der Waals surface area contributed by atoms with Crippen molar-refractivity contribution >= 4 is 17.3 Å². The van der Waals surface area contributed by atoms with E-state index < -0.39 is 0 Å². The van der Waals surface area contributed by atoms with Crippen molar-refractivity contribution in [3.05, 3.63) is 28.8 Å². The van der Waals surface area contributed by atoms with E-state index in [0.717, 1.165) is 52.9 Å². The van der Waals surface area contributed by atoms with Gasteiger partial charge in [-0.2, -0.15) is 5.26 Å². The zero-order valence-corrected chi connectivity index (χ0v) is 20.3. The Morgan fingerprint density at radius 2 is 2.03 bits per heavy atom. The fraction of sp³-hybridized carbons (Fsp3) is 0.591. The van der Waals surface area contributed by atoms with E-state index in [1.54, 1.807) is 22.2 Å². The third-order valence-electron chi connectivity index (χ3n) is 4.88. The van der Waals surface area contributed by atoms with Gasteiger partial charge >= 0.3 is 0 Å². The number of aromatic nitrogens is 7. The number of hydrogen-bond acceptors (Lipinski definition) is 9. The van der Waals surface area contributed by atoms with E-state index in [1.807, 2.05) is 6.07 Å². The van der Waals surface area contributed by atoms with Crippen LogP contribution < -0.4 is 5.32 Å². The van der Waals surface area contributed by atoms with Gasteiger partial charge in [0.2, 0.25) is 5.95 Å². The molecule has 9 nitrogen and oxygen atoms in total. The second-order valence-corrected chi connectivity index (χ2v) is 10.0. The van der Waals surface area contributed by atoms with Crippen LogP contribution in [0.4, 0.5) is 5.95 Å². The first-order chi connectivity index (χ1) is 15.3. The van der Waals surface area contributed by atoms with Crippen LogP contribution in [0.25, 0.3) is 10.6 Å². The topological polar surface area (TPSA) is 118 Å². The van der Waals surface area contributed by atoms with Crippen LogP contribution >= 0.6 is 11.3 Å². The molecule has 0 aliphatic heterocycles. The summed E-state index contributed by atoms with van der Waals surface area (Å²) in [4.78, 5) is 15.2. The molecule has 0 spiro atoms. The molecule has 0 amide bonds. The standard InChI is InChI=1S/C22H31N9S/c1-15(2)18-19(32-20(27-18)22(3,4)5)16-10-13-25-21(26-16)24-12-7-6-9-17-28-29-30-31(17)14-8-11-23/h10,13,15H,6-9,12,14H2,1-5H3,(H,24,25,26). The smallest absolute Gasteiger partial charge is 0.223 e. The minimum atomic E-state index is 0.00896. The van der Waals surface area contributed by atoms with Crippen molar-refractivity contribution in [2.45, 2.75) is 78.2 Å². The molecule has 0 aliphatic rings. The van der Waals surface area contributed by atoms with Crippen LogP contribution in [0.1, 0.15) is 76.3 Å². The summed E-state index contributed by atoms with van der Waals surface area (Å²) in [6, 6.07) is 4.08. The lowest BCUT2D eigenvalue weighted by Gasteiger charge is -2.13. The molecular weight excluding hydrogens is 422 g/mol. The number of anilines is 1. The van der Waals surface area contributed by atoms with E-state index in [2.05, 4.69) is 66.5 Å². The molecule has 0 radical (unpaired) electrons. The van der Waals surface area contributed by atoms with Crippen molar-refractivity contribution in [2.75, 3.05) is 11.9 Å². The average Bonchev–Trinajstić information content (AvgIpc) is 3.39. The summed E-state index contributed by atoms with van der Waals surface area (Å²) in [6.45, 7) is 12.2. The van der Waals surface area contributed by atoms with Gasteiger partial charge in [-0.25, -0.2) is 19.6 Å². The van der Waals surface area contributed by atoms with Crippen molar-refractivity contribution in [2.24, 2.45) is 0 Å². The second-order valence-electron chi connectivity index (χ2n) is 9.01. The predicted octanol–water partition coefficient (Wildman–Crippen LogP) is 4.36. The number of thiazole rings is 1. The van der Waals surface area contributed by atoms with Gasteiger partial charge in [0.15, 0.2) is 5.82 Å². The van der Waals surface area contributed by atoms with E-state index in [4.69, 9.17) is 15.2 Å². The third kappa shape index (κ3) is 6.07. The largest absolute Gasteiger partial charge is 0.354 e. The highest BCUT2D eigenvalue weighted by Crippen LogP contribution is 2.38. The van der Waals surface area contributed by atoms with Gasteiger partial charge in [-0.05, 0) is 35.3 Å². The minimum Gasteiger partial charge on any atom is -0.354 e. The summed E-state index contributed by atoms with van der Waals surface area (Å²) in [5, 5.41) is 24.9. The van der Waals surface area contributed by atoms with Crippen molar-refractivity contribution in [3.63, 3.8) is 0 Å². The van der Waals surface area contributed by atoms with Crippen LogP contribution in [-0.2, 0) is 18.4 Å². The van der Waals surface area contributed by atoms with E-state index >= 15 is 0 Å². The zero-order chi connectivity index (χ0) is 23.1. The number of hydrogen-bond donors (Lipinski definition) is 1. The molecule has 0 fully saturated rings. The lowest BCUT2D eigenvalue weighted by molar-refractivity contribution is 0.563. The fourth-order valence-electron chi connectivity index (χ4n) is 3.14. The van der Waals surface area contributed by atoms with Gasteiger partial charge in [-0.1, -0.05) is 34.6 Å². The van der Waals surface area contributed by atoms with Crippen molar-refractivity contribution in [1.29, 1.82) is 5.26 Å². The van der Waals surface area contributed by atoms with Gasteiger partial charge in [0.25, 0.3) is 0 Å². The molecule has 0 aromatic carbocycles. The lowest BCUT2D eigenvalue weighted by atomic mass is 9.98. The van der Waals surface area contributed by atoms with Gasteiger partial charge in [0.05, 0.1) is 40.3 Å². The van der Waals surface area contributed by atoms with Crippen LogP contribution in [0.5, 0.6) is 0 Å². The first-order valence-electron chi connectivity index (χ1n) is 11.0. The van der Waals surface area contributed by atoms with Gasteiger partial charge in [-0.15, -0.1) is 16.4 Å². The monoisotopic (exact) mass is 453 g/mol. The number of nitriles is 1. The van der Waals surface area contributed by atoms with Crippen LogP contribution in [0, 0.1) is 11.3 Å². The molecule has 0 bridgehead atoms. The molecule has 3 heterocycles. The Kier molecular flexibility index (Phi) is 7.85. The highest BCUT2D eigenvalue weighted by atomic mass is 32.1. The molecule has 0 saturated carbocycles. The molecule has 3 rings (SSSR count). The van der Waals surface area contributed by atoms with Gasteiger partial charge in [0, 0.05) is 24.6 Å². The summed E-state index contributed by atoms with van der Waals surface area (Å²) in [6.07, 6.45) is 4.85. The van der Waals surface area contributed by atoms with Crippen molar-refractivity contribution in [1.82, 2.24) is 35.2 Å². The minimum absolute atomic E-state index is 0.00896. The lowest BCUT2D eigenvalue weighted by Crippen LogP contribution is -2.10. The number of nitrogens with zero attached hydrogens (tertiary/aromatic N) is 8. The van der Waals surface area contributed by atoms with Gasteiger partial charge < -0.3 is 5.32 Å². The van der Waals surface area contributed by atoms with Gasteiger partial charge in [-0.3, -0.25) is 0 Å². The number of tetrazole rings is 1. The van der Waals surface area contributed by atoms with Crippen LogP contribution in [0.3, 0.4) is 0 Å². The number of rotatable bonds is 10. The highest BCUT2D eigenvalue weighted by molar-refractivity contribution is 7.15. The van der Waals surface area contributed by atoms with Crippen LogP contribution in [0.15, 0.2) is 12.3 Å². The average molecular weight is 454 g/mol. The predicted molar refractivity (Wildman–Crippen MR) is 125 cm³/mol. The second kappa shape index (κ2) is 10.6. The molecule has 3 aromatic heterocycles. The molecule has 32 heavy (non-hydrogen) atoms. The highest BCUT2D eigenvalue weighted by Gasteiger charge is 2.24. The Morgan fingerprint density at radius 3 is 2.75 bits per heavy atom. The molecular formula is C22H31N9S. The van der Waals surface area contributed by atoms with Crippen LogP contribution in [-0.4, -0.2) is 41.7 Å². The number of unbranched alkanes of at least 4 members (excludes halogenated alkanes) is 1. The first kappa shape index (κ1) is 23.7. The third-order valence-corrected chi connectivity index (χ3v) is 6.40. The molecule has 170 valence electrons. The summed E-state index contributed by atoms with van der Waals surface area (Å²) >= 11 is 1.72. The number of nitrogens with one attached hydrogen (secondary N) is 1. The van der Waals surface area contributed by atoms with E-state index in [0.29, 0.717) is 24.8 Å². The summed E-state index contributed by atoms with van der Waals surface area (Å²) in [7, 11) is 0. The maximum absolute atomic E-state index is 8.73. The van der Waals surface area contributed by atoms with Crippen molar-refractivity contribution in [3.8, 4) is 16.6 Å². The first-order valence-corrected chi connectivity index (χ1v) is 11.8. The molecule has 0 saturated heterocycles. The van der Waals surface area contributed by atoms with Gasteiger partial charge in [0.1, 0.15) is 0 Å². The Labute approximate surface area is 193 Å². The summed E-state index contributed by atoms with van der Waals surface area (Å²) in [5.41, 5.74) is 2.02. The van der Waals surface area contributed by atoms with E-state index in [9.17, 15) is 0 Å². The Morgan fingerprint density at radius 1 is 1.22 bits per heavy atom. The quantitative estimate of drug-likeness (QED) is 0.450. The van der Waals surface area contributed by atoms with E-state index in [1.165, 1.54) is 0 Å². The normalized spacial score (nSPS) is 11.7. The van der Waals surface area contributed by atoms with Crippen LogP contribution in [0.2, 0.25) is 0 Å².